The van der Waals surface area contributed by atoms with E-state index in [1.165, 1.54) is 4.31 Å². The van der Waals surface area contributed by atoms with Gasteiger partial charge in [0.25, 0.3) is 0 Å². The molecule has 5 nitrogen and oxygen atoms in total. The van der Waals surface area contributed by atoms with Gasteiger partial charge in [0, 0.05) is 32.3 Å². The Balaban J connectivity index is 2.13. The lowest BCUT2D eigenvalue weighted by atomic mass is 10.2. The number of sulfonamides is 1. The minimum atomic E-state index is -3.50. The second-order valence-electron chi connectivity index (χ2n) is 6.22. The second-order valence-corrected chi connectivity index (χ2v) is 8.13. The summed E-state index contributed by atoms with van der Waals surface area (Å²) in [5.41, 5.74) is 2.74. The van der Waals surface area contributed by atoms with Gasteiger partial charge < -0.3 is 4.90 Å². The lowest BCUT2D eigenvalue weighted by molar-refractivity contribution is -0.127. The first-order chi connectivity index (χ1) is 10.7. The Hall–Kier alpha value is -1.66. The van der Waals surface area contributed by atoms with E-state index in [2.05, 4.69) is 0 Å². The van der Waals surface area contributed by atoms with Crippen molar-refractivity contribution in [2.75, 3.05) is 26.2 Å². The first kappa shape index (κ1) is 17.7. The number of amides is 1. The van der Waals surface area contributed by atoms with Crippen LogP contribution < -0.4 is 0 Å². The Bertz CT molecular complexity index is 726. The van der Waals surface area contributed by atoms with Gasteiger partial charge in [-0.3, -0.25) is 4.79 Å². The van der Waals surface area contributed by atoms with Gasteiger partial charge in [-0.25, -0.2) is 8.42 Å². The van der Waals surface area contributed by atoms with Crippen LogP contribution in [-0.4, -0.2) is 49.7 Å². The minimum Gasteiger partial charge on any atom is -0.337 e. The monoisotopic (exact) mass is 336 g/mol. The summed E-state index contributed by atoms with van der Waals surface area (Å²) >= 11 is 0. The maximum atomic E-state index is 12.8. The molecule has 0 unspecified atom stereocenters. The second kappa shape index (κ2) is 6.84. The molecule has 1 amide bonds. The number of rotatable bonds is 3. The Morgan fingerprint density at radius 1 is 1.09 bits per heavy atom. The lowest BCUT2D eigenvalue weighted by Crippen LogP contribution is -2.50. The molecule has 1 fully saturated rings. The maximum absolute atomic E-state index is 12.8. The SMILES string of the molecule is CC(C)=CC(=O)N1CCN(S(=O)(=O)c2ccc(C)cc2C)CC1. The smallest absolute Gasteiger partial charge is 0.246 e. The van der Waals surface area contributed by atoms with Crippen LogP contribution in [-0.2, 0) is 14.8 Å². The van der Waals surface area contributed by atoms with Gasteiger partial charge in [0.15, 0.2) is 0 Å². The van der Waals surface area contributed by atoms with Crippen molar-refractivity contribution in [1.29, 1.82) is 0 Å². The van der Waals surface area contributed by atoms with E-state index in [0.717, 1.165) is 16.7 Å². The number of aryl methyl sites for hydroxylation is 2. The van der Waals surface area contributed by atoms with Gasteiger partial charge in [-0.1, -0.05) is 23.3 Å². The first-order valence-corrected chi connectivity index (χ1v) is 9.17. The van der Waals surface area contributed by atoms with E-state index in [-0.39, 0.29) is 5.91 Å². The van der Waals surface area contributed by atoms with E-state index in [0.29, 0.717) is 31.1 Å². The molecule has 1 aromatic rings. The lowest BCUT2D eigenvalue weighted by Gasteiger charge is -2.33. The van der Waals surface area contributed by atoms with Gasteiger partial charge in [-0.05, 0) is 39.3 Å². The molecule has 0 radical (unpaired) electrons. The van der Waals surface area contributed by atoms with Crippen molar-refractivity contribution in [1.82, 2.24) is 9.21 Å². The number of hydrogen-bond acceptors (Lipinski definition) is 3. The van der Waals surface area contributed by atoms with Crippen molar-refractivity contribution in [3.8, 4) is 0 Å². The standard InChI is InChI=1S/C17H24N2O3S/c1-13(2)11-17(20)18-7-9-19(10-8-18)23(21,22)16-6-5-14(3)12-15(16)4/h5-6,11-12H,7-10H2,1-4H3. The van der Waals surface area contributed by atoms with Gasteiger partial charge in [0.1, 0.15) is 0 Å². The average molecular weight is 336 g/mol. The highest BCUT2D eigenvalue weighted by Crippen LogP contribution is 2.22. The zero-order valence-corrected chi connectivity index (χ0v) is 15.0. The van der Waals surface area contributed by atoms with Crippen LogP contribution in [0, 0.1) is 13.8 Å². The van der Waals surface area contributed by atoms with Crippen LogP contribution in [0.25, 0.3) is 0 Å². The third kappa shape index (κ3) is 4.00. The average Bonchev–Trinajstić information content (AvgIpc) is 2.46. The molecule has 0 N–H and O–H groups in total. The molecule has 1 aromatic carbocycles. The van der Waals surface area contributed by atoms with E-state index in [9.17, 15) is 13.2 Å². The van der Waals surface area contributed by atoms with Crippen LogP contribution in [0.5, 0.6) is 0 Å². The van der Waals surface area contributed by atoms with Gasteiger partial charge in [0.2, 0.25) is 15.9 Å². The molecule has 23 heavy (non-hydrogen) atoms. The summed E-state index contributed by atoms with van der Waals surface area (Å²) < 4.78 is 27.0. The number of carbonyl (C=O) groups excluding carboxylic acids is 1. The van der Waals surface area contributed by atoms with E-state index in [4.69, 9.17) is 0 Å². The largest absolute Gasteiger partial charge is 0.337 e. The highest BCUT2D eigenvalue weighted by Gasteiger charge is 2.30. The topological polar surface area (TPSA) is 57.7 Å². The Labute approximate surface area is 138 Å². The fourth-order valence-electron chi connectivity index (χ4n) is 2.71. The molecular formula is C17H24N2O3S. The van der Waals surface area contributed by atoms with Crippen LogP contribution in [0.2, 0.25) is 0 Å². The number of nitrogens with zero attached hydrogens (tertiary/aromatic N) is 2. The number of allylic oxidation sites excluding steroid dienone is 1. The number of carbonyl (C=O) groups is 1. The molecule has 0 aliphatic carbocycles. The summed E-state index contributed by atoms with van der Waals surface area (Å²) in [7, 11) is -3.50. The molecule has 0 bridgehead atoms. The van der Waals surface area contributed by atoms with Gasteiger partial charge in [0.05, 0.1) is 4.90 Å². The summed E-state index contributed by atoms with van der Waals surface area (Å²) in [4.78, 5) is 14.1. The highest BCUT2D eigenvalue weighted by atomic mass is 32.2. The molecule has 1 heterocycles. The van der Waals surface area contributed by atoms with E-state index in [1.54, 1.807) is 17.0 Å². The predicted molar refractivity (Wildman–Crippen MR) is 90.7 cm³/mol. The van der Waals surface area contributed by atoms with Crippen molar-refractivity contribution >= 4 is 15.9 Å². The molecule has 0 atom stereocenters. The highest BCUT2D eigenvalue weighted by molar-refractivity contribution is 7.89. The van der Waals surface area contributed by atoms with Crippen LogP contribution >= 0.6 is 0 Å². The number of benzene rings is 1. The molecule has 6 heteroatoms. The van der Waals surface area contributed by atoms with Crippen molar-refractivity contribution in [3.05, 3.63) is 41.0 Å². The number of piperazine rings is 1. The molecule has 1 aliphatic heterocycles. The summed E-state index contributed by atoms with van der Waals surface area (Å²) in [5.74, 6) is -0.0476. The minimum absolute atomic E-state index is 0.0476. The third-order valence-corrected chi connectivity index (χ3v) is 5.97. The molecule has 2 rings (SSSR count). The zero-order valence-electron chi connectivity index (χ0n) is 14.2. The van der Waals surface area contributed by atoms with Gasteiger partial charge in [-0.15, -0.1) is 0 Å². The van der Waals surface area contributed by atoms with Crippen LogP contribution in [0.4, 0.5) is 0 Å². The molecular weight excluding hydrogens is 312 g/mol. The normalized spacial score (nSPS) is 16.3. The molecule has 126 valence electrons. The van der Waals surface area contributed by atoms with Crippen molar-refractivity contribution < 1.29 is 13.2 Å². The predicted octanol–water partition coefficient (Wildman–Crippen LogP) is 2.10. The van der Waals surface area contributed by atoms with Crippen molar-refractivity contribution in [2.24, 2.45) is 0 Å². The molecule has 0 aromatic heterocycles. The van der Waals surface area contributed by atoms with Crippen LogP contribution in [0.1, 0.15) is 25.0 Å². The van der Waals surface area contributed by atoms with Crippen LogP contribution in [0.15, 0.2) is 34.7 Å². The summed E-state index contributed by atoms with van der Waals surface area (Å²) in [6.07, 6.45) is 1.59. The Kier molecular flexibility index (Phi) is 5.26. The Morgan fingerprint density at radius 3 is 2.22 bits per heavy atom. The van der Waals surface area contributed by atoms with E-state index < -0.39 is 10.0 Å². The third-order valence-electron chi connectivity index (χ3n) is 3.91. The summed E-state index contributed by atoms with van der Waals surface area (Å²) in [5, 5.41) is 0. The summed E-state index contributed by atoms with van der Waals surface area (Å²) in [6.45, 7) is 9.01. The van der Waals surface area contributed by atoms with Crippen LogP contribution in [0.3, 0.4) is 0 Å². The molecule has 1 saturated heterocycles. The van der Waals surface area contributed by atoms with Gasteiger partial charge >= 0.3 is 0 Å². The van der Waals surface area contributed by atoms with E-state index >= 15 is 0 Å². The summed E-state index contributed by atoms with van der Waals surface area (Å²) in [6, 6.07) is 5.36. The van der Waals surface area contributed by atoms with Crippen molar-refractivity contribution in [2.45, 2.75) is 32.6 Å². The van der Waals surface area contributed by atoms with E-state index in [1.807, 2.05) is 39.8 Å². The maximum Gasteiger partial charge on any atom is 0.246 e. The number of hydrogen-bond donors (Lipinski definition) is 0. The molecule has 0 spiro atoms. The Morgan fingerprint density at radius 2 is 1.70 bits per heavy atom. The van der Waals surface area contributed by atoms with Gasteiger partial charge in [-0.2, -0.15) is 4.31 Å². The first-order valence-electron chi connectivity index (χ1n) is 7.73. The van der Waals surface area contributed by atoms with Crippen molar-refractivity contribution in [3.63, 3.8) is 0 Å². The fraction of sp³-hybridized carbons (Fsp3) is 0.471. The fourth-order valence-corrected chi connectivity index (χ4v) is 4.34. The zero-order chi connectivity index (χ0) is 17.2. The molecule has 0 saturated carbocycles. The molecule has 1 aliphatic rings. The quantitative estimate of drug-likeness (QED) is 0.794.